The van der Waals surface area contributed by atoms with Crippen molar-refractivity contribution in [3.8, 4) is 11.5 Å². The van der Waals surface area contributed by atoms with Crippen LogP contribution >= 0.6 is 15.9 Å². The van der Waals surface area contributed by atoms with Crippen molar-refractivity contribution in [2.75, 3.05) is 19.0 Å². The van der Waals surface area contributed by atoms with E-state index in [4.69, 9.17) is 15.7 Å². The number of halogens is 1. The molecule has 0 fully saturated rings. The highest BCUT2D eigenvalue weighted by atomic mass is 79.9. The summed E-state index contributed by atoms with van der Waals surface area (Å²) in [5.74, 6) is 1.18. The lowest BCUT2D eigenvalue weighted by Gasteiger charge is -2.15. The Kier molecular flexibility index (Phi) is 4.70. The molecule has 0 aliphatic heterocycles. The fourth-order valence-electron chi connectivity index (χ4n) is 1.80. The minimum atomic E-state index is 0.00117. The lowest BCUT2D eigenvalue weighted by Crippen LogP contribution is -2.14. The number of nitrogens with zero attached hydrogens (tertiary/aromatic N) is 2. The molecule has 5 nitrogen and oxygen atoms in total. The van der Waals surface area contributed by atoms with E-state index >= 15 is 0 Å². The van der Waals surface area contributed by atoms with Crippen molar-refractivity contribution in [3.05, 3.63) is 52.5 Å². The van der Waals surface area contributed by atoms with Crippen molar-refractivity contribution >= 4 is 27.5 Å². The van der Waals surface area contributed by atoms with Crippen LogP contribution in [0.15, 0.2) is 52.1 Å². The van der Waals surface area contributed by atoms with Gasteiger partial charge in [-0.2, -0.15) is 0 Å². The van der Waals surface area contributed by atoms with Crippen LogP contribution in [-0.2, 0) is 0 Å². The van der Waals surface area contributed by atoms with E-state index in [1.807, 2.05) is 43.3 Å². The molecule has 0 amide bonds. The molecule has 6 heteroatoms. The van der Waals surface area contributed by atoms with Gasteiger partial charge in [-0.3, -0.25) is 0 Å². The van der Waals surface area contributed by atoms with E-state index in [0.29, 0.717) is 17.1 Å². The average Bonchev–Trinajstić information content (AvgIpc) is 2.47. The number of amidine groups is 1. The zero-order valence-corrected chi connectivity index (χ0v) is 13.3. The highest BCUT2D eigenvalue weighted by Gasteiger charge is 2.10. The van der Waals surface area contributed by atoms with Crippen LogP contribution in [-0.4, -0.2) is 25.1 Å². The van der Waals surface area contributed by atoms with E-state index in [1.165, 1.54) is 0 Å². The maximum Gasteiger partial charge on any atom is 0.173 e. The molecule has 0 radical (unpaired) electrons. The molecule has 0 aliphatic carbocycles. The average molecular weight is 350 g/mol. The predicted octanol–water partition coefficient (Wildman–Crippen LogP) is 3.40. The summed E-state index contributed by atoms with van der Waals surface area (Å²) in [6, 6.07) is 13.0. The number of rotatable bonds is 4. The standard InChI is InChI=1S/C15H16BrN3O2/c1-19(2)11-4-3-5-12(9-11)21-14-8-10(16)6-7-13(14)15(17)18-20/h3-9,20H,1-2H3,(H2,17,18). The third kappa shape index (κ3) is 3.66. The summed E-state index contributed by atoms with van der Waals surface area (Å²) in [7, 11) is 3.92. The molecule has 0 spiro atoms. The van der Waals surface area contributed by atoms with Crippen LogP contribution in [0.2, 0.25) is 0 Å². The number of nitrogens with two attached hydrogens (primary N) is 1. The van der Waals surface area contributed by atoms with Crippen molar-refractivity contribution in [1.29, 1.82) is 0 Å². The molecule has 0 bridgehead atoms. The summed E-state index contributed by atoms with van der Waals surface area (Å²) >= 11 is 3.39. The Labute approximate surface area is 131 Å². The summed E-state index contributed by atoms with van der Waals surface area (Å²) in [4.78, 5) is 1.98. The van der Waals surface area contributed by atoms with E-state index in [1.54, 1.807) is 18.2 Å². The highest BCUT2D eigenvalue weighted by molar-refractivity contribution is 9.10. The first-order valence-corrected chi connectivity index (χ1v) is 7.03. The molecule has 110 valence electrons. The van der Waals surface area contributed by atoms with Gasteiger partial charge in [-0.05, 0) is 30.3 Å². The molecular formula is C15H16BrN3O2. The SMILES string of the molecule is CN(C)c1cccc(Oc2cc(Br)ccc2/C(N)=N/O)c1. The molecule has 0 unspecified atom stereocenters. The molecule has 0 aliphatic rings. The Morgan fingerprint density at radius 3 is 2.67 bits per heavy atom. The lowest BCUT2D eigenvalue weighted by molar-refractivity contribution is 0.318. The normalized spacial score (nSPS) is 11.3. The molecule has 0 saturated heterocycles. The molecule has 2 aromatic carbocycles. The zero-order chi connectivity index (χ0) is 15.4. The number of oxime groups is 1. The maximum atomic E-state index is 8.85. The summed E-state index contributed by atoms with van der Waals surface area (Å²) < 4.78 is 6.72. The van der Waals surface area contributed by atoms with Crippen molar-refractivity contribution < 1.29 is 9.94 Å². The summed E-state index contributed by atoms with van der Waals surface area (Å²) in [5, 5.41) is 11.9. The van der Waals surface area contributed by atoms with E-state index in [0.717, 1.165) is 10.2 Å². The molecular weight excluding hydrogens is 334 g/mol. The number of benzene rings is 2. The third-order valence-electron chi connectivity index (χ3n) is 2.89. The number of hydrogen-bond acceptors (Lipinski definition) is 4. The fourth-order valence-corrected chi connectivity index (χ4v) is 2.14. The van der Waals surface area contributed by atoms with E-state index in [-0.39, 0.29) is 5.84 Å². The van der Waals surface area contributed by atoms with Gasteiger partial charge in [-0.15, -0.1) is 0 Å². The number of ether oxygens (including phenoxy) is 1. The second-order valence-corrected chi connectivity index (χ2v) is 5.54. The van der Waals surface area contributed by atoms with Gasteiger partial charge in [0, 0.05) is 30.3 Å². The van der Waals surface area contributed by atoms with Gasteiger partial charge in [0.05, 0.1) is 5.56 Å². The van der Waals surface area contributed by atoms with Gasteiger partial charge in [0.25, 0.3) is 0 Å². The zero-order valence-electron chi connectivity index (χ0n) is 11.7. The molecule has 0 atom stereocenters. The first-order valence-electron chi connectivity index (χ1n) is 6.24. The van der Waals surface area contributed by atoms with Crippen LogP contribution in [0.3, 0.4) is 0 Å². The van der Waals surface area contributed by atoms with E-state index in [9.17, 15) is 0 Å². The maximum absolute atomic E-state index is 8.85. The number of anilines is 1. The van der Waals surface area contributed by atoms with Crippen molar-refractivity contribution in [1.82, 2.24) is 0 Å². The first-order chi connectivity index (χ1) is 10.0. The largest absolute Gasteiger partial charge is 0.456 e. The monoisotopic (exact) mass is 349 g/mol. The molecule has 3 N–H and O–H groups in total. The Bertz CT molecular complexity index is 672. The van der Waals surface area contributed by atoms with Crippen LogP contribution < -0.4 is 15.4 Å². The Balaban J connectivity index is 2.39. The van der Waals surface area contributed by atoms with Crippen LogP contribution in [0.1, 0.15) is 5.56 Å². The predicted molar refractivity (Wildman–Crippen MR) is 87.5 cm³/mol. The Hall–Kier alpha value is -2.21. The third-order valence-corrected chi connectivity index (χ3v) is 3.38. The van der Waals surface area contributed by atoms with Crippen LogP contribution in [0.4, 0.5) is 5.69 Å². The van der Waals surface area contributed by atoms with Crippen molar-refractivity contribution in [2.45, 2.75) is 0 Å². The second-order valence-electron chi connectivity index (χ2n) is 4.62. The van der Waals surface area contributed by atoms with Gasteiger partial charge < -0.3 is 20.6 Å². The minimum Gasteiger partial charge on any atom is -0.456 e. The molecule has 2 aromatic rings. The molecule has 0 saturated carbocycles. The first kappa shape index (κ1) is 15.2. The summed E-state index contributed by atoms with van der Waals surface area (Å²) in [5.41, 5.74) is 7.22. The smallest absolute Gasteiger partial charge is 0.173 e. The fraction of sp³-hybridized carbons (Fsp3) is 0.133. The van der Waals surface area contributed by atoms with Gasteiger partial charge >= 0.3 is 0 Å². The van der Waals surface area contributed by atoms with Gasteiger partial charge in [-0.1, -0.05) is 27.2 Å². The lowest BCUT2D eigenvalue weighted by atomic mass is 10.2. The summed E-state index contributed by atoms with van der Waals surface area (Å²) in [6.45, 7) is 0. The van der Waals surface area contributed by atoms with Crippen LogP contribution in [0, 0.1) is 0 Å². The molecule has 2 rings (SSSR count). The topological polar surface area (TPSA) is 71.1 Å². The van der Waals surface area contributed by atoms with E-state index < -0.39 is 0 Å². The van der Waals surface area contributed by atoms with Gasteiger partial charge in [0.15, 0.2) is 5.84 Å². The number of hydrogen-bond donors (Lipinski definition) is 2. The van der Waals surface area contributed by atoms with E-state index in [2.05, 4.69) is 21.1 Å². The highest BCUT2D eigenvalue weighted by Crippen LogP contribution is 2.30. The van der Waals surface area contributed by atoms with Gasteiger partial charge in [0.1, 0.15) is 11.5 Å². The molecule has 0 aromatic heterocycles. The Morgan fingerprint density at radius 1 is 1.24 bits per heavy atom. The molecule has 0 heterocycles. The van der Waals surface area contributed by atoms with Gasteiger partial charge in [0.2, 0.25) is 0 Å². The second kappa shape index (κ2) is 6.49. The quantitative estimate of drug-likeness (QED) is 0.384. The Morgan fingerprint density at radius 2 is 2.00 bits per heavy atom. The molecule has 21 heavy (non-hydrogen) atoms. The minimum absolute atomic E-state index is 0.00117. The van der Waals surface area contributed by atoms with Crippen LogP contribution in [0.5, 0.6) is 11.5 Å². The van der Waals surface area contributed by atoms with Crippen molar-refractivity contribution in [2.24, 2.45) is 10.9 Å². The van der Waals surface area contributed by atoms with Gasteiger partial charge in [-0.25, -0.2) is 0 Å². The summed E-state index contributed by atoms with van der Waals surface area (Å²) in [6.07, 6.45) is 0. The van der Waals surface area contributed by atoms with Crippen LogP contribution in [0.25, 0.3) is 0 Å². The van der Waals surface area contributed by atoms with Crippen molar-refractivity contribution in [3.63, 3.8) is 0 Å².